The van der Waals surface area contributed by atoms with Crippen LogP contribution in [-0.4, -0.2) is 21.0 Å². The zero-order valence-corrected chi connectivity index (χ0v) is 15.7. The van der Waals surface area contributed by atoms with Crippen LogP contribution >= 0.6 is 0 Å². The van der Waals surface area contributed by atoms with Gasteiger partial charge in [-0.15, -0.1) is 0 Å². The molecular weight excluding hydrogens is 353 g/mol. The molecule has 2 aromatic heterocycles. The summed E-state index contributed by atoms with van der Waals surface area (Å²) in [6, 6.07) is 11.0. The Balaban J connectivity index is 1.45. The zero-order chi connectivity index (χ0) is 19.2. The molecule has 5 nitrogen and oxygen atoms in total. The molecule has 0 spiro atoms. The first kappa shape index (κ1) is 18.3. The fraction of sp³-hybridized carbons (Fsp3) is 0.318. The van der Waals surface area contributed by atoms with Gasteiger partial charge in [-0.1, -0.05) is 31.4 Å². The number of rotatable bonds is 6. The van der Waals surface area contributed by atoms with Gasteiger partial charge in [0, 0.05) is 24.3 Å². The molecule has 0 aliphatic heterocycles. The smallest absolute Gasteiger partial charge is 0.145 e. The Labute approximate surface area is 164 Å². The Morgan fingerprint density at radius 2 is 1.89 bits per heavy atom. The van der Waals surface area contributed by atoms with Crippen molar-refractivity contribution >= 4 is 11.6 Å². The van der Waals surface area contributed by atoms with Gasteiger partial charge in [0.2, 0.25) is 0 Å². The molecule has 1 aliphatic carbocycles. The average molecular weight is 377 g/mol. The maximum atomic E-state index is 13.3. The minimum absolute atomic E-state index is 0.242. The third-order valence-corrected chi connectivity index (χ3v) is 5.01. The molecule has 1 aromatic carbocycles. The first-order valence-electron chi connectivity index (χ1n) is 9.79. The van der Waals surface area contributed by atoms with Gasteiger partial charge >= 0.3 is 0 Å². The molecular formula is C22H24FN5. The highest BCUT2D eigenvalue weighted by Crippen LogP contribution is 2.24. The van der Waals surface area contributed by atoms with E-state index in [0.717, 1.165) is 22.6 Å². The first-order valence-corrected chi connectivity index (χ1v) is 9.79. The molecule has 1 aliphatic rings. The van der Waals surface area contributed by atoms with Gasteiger partial charge in [0.1, 0.15) is 17.5 Å². The second-order valence-corrected chi connectivity index (χ2v) is 7.18. The van der Waals surface area contributed by atoms with Crippen LogP contribution < -0.4 is 10.6 Å². The van der Waals surface area contributed by atoms with E-state index < -0.39 is 0 Å². The fourth-order valence-electron chi connectivity index (χ4n) is 3.55. The fourth-order valence-corrected chi connectivity index (χ4v) is 3.55. The van der Waals surface area contributed by atoms with E-state index >= 15 is 0 Å². The molecule has 2 heterocycles. The maximum Gasteiger partial charge on any atom is 0.145 e. The highest BCUT2D eigenvalue weighted by molar-refractivity contribution is 5.63. The molecule has 0 saturated heterocycles. The lowest BCUT2D eigenvalue weighted by atomic mass is 9.95. The summed E-state index contributed by atoms with van der Waals surface area (Å²) in [5, 5.41) is 6.75. The molecule has 1 saturated carbocycles. The summed E-state index contributed by atoms with van der Waals surface area (Å²) in [6.45, 7) is 0.487. The molecule has 0 atom stereocenters. The molecule has 0 amide bonds. The quantitative estimate of drug-likeness (QED) is 0.630. The van der Waals surface area contributed by atoms with Crippen molar-refractivity contribution in [2.75, 3.05) is 10.6 Å². The summed E-state index contributed by atoms with van der Waals surface area (Å²) in [4.78, 5) is 13.4. The molecule has 3 aromatic rings. The lowest BCUT2D eigenvalue weighted by Crippen LogP contribution is -2.22. The van der Waals surface area contributed by atoms with Crippen molar-refractivity contribution in [3.05, 3.63) is 66.4 Å². The number of pyridine rings is 1. The number of hydrogen-bond donors (Lipinski definition) is 2. The van der Waals surface area contributed by atoms with Gasteiger partial charge in [-0.2, -0.15) is 0 Å². The monoisotopic (exact) mass is 377 g/mol. The number of aromatic nitrogens is 3. The average Bonchev–Trinajstić information content (AvgIpc) is 2.74. The number of nitrogens with zero attached hydrogens (tertiary/aromatic N) is 3. The predicted molar refractivity (Wildman–Crippen MR) is 109 cm³/mol. The van der Waals surface area contributed by atoms with Gasteiger partial charge < -0.3 is 10.6 Å². The number of benzene rings is 1. The second-order valence-electron chi connectivity index (χ2n) is 7.18. The molecule has 0 radical (unpaired) electrons. The van der Waals surface area contributed by atoms with Crippen LogP contribution in [0, 0.1) is 5.82 Å². The SMILES string of the molecule is Fc1cccc(CNc2cncc(-c3ccnc(NC4CCCCC4)c3)n2)c1. The van der Waals surface area contributed by atoms with Crippen LogP contribution in [0.2, 0.25) is 0 Å². The van der Waals surface area contributed by atoms with Crippen molar-refractivity contribution in [1.82, 2.24) is 15.0 Å². The van der Waals surface area contributed by atoms with Crippen LogP contribution in [0.3, 0.4) is 0 Å². The normalized spacial score (nSPS) is 14.6. The molecule has 4 rings (SSSR count). The van der Waals surface area contributed by atoms with Gasteiger partial charge in [0.25, 0.3) is 0 Å². The van der Waals surface area contributed by atoms with Gasteiger partial charge in [-0.3, -0.25) is 4.98 Å². The standard InChI is InChI=1S/C22H24FN5/c23-18-6-4-5-16(11-18)13-26-22-15-24-14-20(28-22)17-9-10-25-21(12-17)27-19-7-2-1-3-8-19/h4-6,9-12,14-15,19H,1-3,7-8,13H2,(H,25,27)(H,26,28). The lowest BCUT2D eigenvalue weighted by molar-refractivity contribution is 0.462. The summed E-state index contributed by atoms with van der Waals surface area (Å²) in [5.74, 6) is 1.29. The van der Waals surface area contributed by atoms with E-state index in [1.165, 1.54) is 44.2 Å². The highest BCUT2D eigenvalue weighted by Gasteiger charge is 2.14. The number of hydrogen-bond acceptors (Lipinski definition) is 5. The summed E-state index contributed by atoms with van der Waals surface area (Å²) in [5.41, 5.74) is 2.60. The minimum atomic E-state index is -0.242. The van der Waals surface area contributed by atoms with E-state index in [-0.39, 0.29) is 5.82 Å². The van der Waals surface area contributed by atoms with Crippen LogP contribution in [0.1, 0.15) is 37.7 Å². The topological polar surface area (TPSA) is 62.7 Å². The number of halogens is 1. The van der Waals surface area contributed by atoms with Crippen LogP contribution in [0.4, 0.5) is 16.0 Å². The Hall–Kier alpha value is -3.02. The van der Waals surface area contributed by atoms with Crippen molar-refractivity contribution in [1.29, 1.82) is 0 Å². The third-order valence-electron chi connectivity index (χ3n) is 5.01. The van der Waals surface area contributed by atoms with Crippen molar-refractivity contribution < 1.29 is 4.39 Å². The Bertz CT molecular complexity index is 924. The predicted octanol–water partition coefficient (Wildman–Crippen LogP) is 5.03. The number of anilines is 2. The van der Waals surface area contributed by atoms with Crippen LogP contribution in [0.25, 0.3) is 11.3 Å². The molecule has 0 unspecified atom stereocenters. The van der Waals surface area contributed by atoms with Crippen LogP contribution in [0.15, 0.2) is 55.0 Å². The maximum absolute atomic E-state index is 13.3. The van der Waals surface area contributed by atoms with Crippen molar-refractivity contribution in [3.63, 3.8) is 0 Å². The largest absolute Gasteiger partial charge is 0.367 e. The van der Waals surface area contributed by atoms with E-state index in [4.69, 9.17) is 0 Å². The molecule has 6 heteroatoms. The summed E-state index contributed by atoms with van der Waals surface area (Å²) in [7, 11) is 0. The van der Waals surface area contributed by atoms with Crippen molar-refractivity contribution in [2.45, 2.75) is 44.7 Å². The van der Waals surface area contributed by atoms with E-state index in [1.54, 1.807) is 24.7 Å². The van der Waals surface area contributed by atoms with Crippen molar-refractivity contribution in [3.8, 4) is 11.3 Å². The Kier molecular flexibility index (Phi) is 5.75. The minimum Gasteiger partial charge on any atom is -0.367 e. The second kappa shape index (κ2) is 8.78. The summed E-state index contributed by atoms with van der Waals surface area (Å²) < 4.78 is 13.3. The van der Waals surface area contributed by atoms with Crippen molar-refractivity contribution in [2.24, 2.45) is 0 Å². The Morgan fingerprint density at radius 3 is 2.75 bits per heavy atom. The van der Waals surface area contributed by atoms with E-state index in [1.807, 2.05) is 18.2 Å². The molecule has 28 heavy (non-hydrogen) atoms. The molecule has 2 N–H and O–H groups in total. The first-order chi connectivity index (χ1) is 13.8. The lowest BCUT2D eigenvalue weighted by Gasteiger charge is -2.23. The van der Waals surface area contributed by atoms with Crippen LogP contribution in [-0.2, 0) is 6.54 Å². The molecule has 1 fully saturated rings. The third kappa shape index (κ3) is 4.82. The van der Waals surface area contributed by atoms with Gasteiger partial charge in [-0.05, 0) is 42.7 Å². The van der Waals surface area contributed by atoms with Gasteiger partial charge in [0.15, 0.2) is 0 Å². The Morgan fingerprint density at radius 1 is 1.00 bits per heavy atom. The van der Waals surface area contributed by atoms with E-state index in [0.29, 0.717) is 18.4 Å². The summed E-state index contributed by atoms with van der Waals surface area (Å²) in [6.07, 6.45) is 11.5. The van der Waals surface area contributed by atoms with Crippen LogP contribution in [0.5, 0.6) is 0 Å². The molecule has 144 valence electrons. The zero-order valence-electron chi connectivity index (χ0n) is 15.7. The van der Waals surface area contributed by atoms with Gasteiger partial charge in [0.05, 0.1) is 18.1 Å². The highest BCUT2D eigenvalue weighted by atomic mass is 19.1. The molecule has 0 bridgehead atoms. The van der Waals surface area contributed by atoms with E-state index in [2.05, 4.69) is 25.6 Å². The van der Waals surface area contributed by atoms with E-state index in [9.17, 15) is 4.39 Å². The summed E-state index contributed by atoms with van der Waals surface area (Å²) >= 11 is 0. The number of nitrogens with one attached hydrogen (secondary N) is 2. The van der Waals surface area contributed by atoms with Gasteiger partial charge in [-0.25, -0.2) is 14.4 Å².